The minimum Gasteiger partial charge on any atom is -0.481 e. The van der Waals surface area contributed by atoms with E-state index in [9.17, 15) is 19.5 Å². The van der Waals surface area contributed by atoms with Crippen molar-refractivity contribution in [2.45, 2.75) is 65.7 Å². The van der Waals surface area contributed by atoms with E-state index in [0.29, 0.717) is 40.0 Å². The third-order valence-corrected chi connectivity index (χ3v) is 8.90. The van der Waals surface area contributed by atoms with Crippen LogP contribution in [0.2, 0.25) is 5.02 Å². The fourth-order valence-corrected chi connectivity index (χ4v) is 6.78. The lowest BCUT2D eigenvalue weighted by Crippen LogP contribution is -2.36. The van der Waals surface area contributed by atoms with Crippen LogP contribution >= 0.6 is 22.9 Å². The van der Waals surface area contributed by atoms with Gasteiger partial charge in [-0.05, 0) is 73.3 Å². The van der Waals surface area contributed by atoms with Gasteiger partial charge in [-0.15, -0.1) is 11.3 Å². The number of rotatable bonds is 5. The number of amides is 2. The smallest absolute Gasteiger partial charge is 0.307 e. The Balaban J connectivity index is 1.65. The molecule has 0 radical (unpaired) electrons. The van der Waals surface area contributed by atoms with Gasteiger partial charge in [0.25, 0.3) is 5.91 Å². The summed E-state index contributed by atoms with van der Waals surface area (Å²) in [6, 6.07) is 6.91. The van der Waals surface area contributed by atoms with E-state index in [1.807, 2.05) is 0 Å². The first-order valence-electron chi connectivity index (χ1n) is 12.3. The van der Waals surface area contributed by atoms with Crippen molar-refractivity contribution in [1.82, 2.24) is 0 Å². The summed E-state index contributed by atoms with van der Waals surface area (Å²) < 4.78 is 0. The maximum atomic E-state index is 13.5. The molecule has 35 heavy (non-hydrogen) atoms. The molecule has 1 aromatic heterocycles. The van der Waals surface area contributed by atoms with Crippen molar-refractivity contribution in [3.05, 3.63) is 45.3 Å². The molecule has 2 amide bonds. The molecule has 1 aromatic carbocycles. The van der Waals surface area contributed by atoms with Gasteiger partial charge in [-0.2, -0.15) is 0 Å². The summed E-state index contributed by atoms with van der Waals surface area (Å²) >= 11 is 7.45. The van der Waals surface area contributed by atoms with Gasteiger partial charge in [-0.1, -0.05) is 45.2 Å². The minimum absolute atomic E-state index is 0.146. The summed E-state index contributed by atoms with van der Waals surface area (Å²) in [6.45, 7) is 6.71. The van der Waals surface area contributed by atoms with E-state index in [1.54, 1.807) is 24.3 Å². The summed E-state index contributed by atoms with van der Waals surface area (Å²) in [7, 11) is 0. The molecule has 0 bridgehead atoms. The number of carbonyl (C=O) groups is 3. The molecule has 1 heterocycles. The summed E-state index contributed by atoms with van der Waals surface area (Å²) in [4.78, 5) is 39.6. The average molecular weight is 517 g/mol. The second-order valence-corrected chi connectivity index (χ2v) is 12.3. The number of hydrogen-bond donors (Lipinski definition) is 3. The number of carboxylic acids is 1. The molecule has 1 unspecified atom stereocenters. The Bertz CT molecular complexity index is 1120. The highest BCUT2D eigenvalue weighted by Crippen LogP contribution is 2.45. The van der Waals surface area contributed by atoms with Crippen molar-refractivity contribution >= 4 is 51.4 Å². The largest absolute Gasteiger partial charge is 0.481 e. The number of carboxylic acid groups (broad SMARTS) is 1. The molecule has 6 nitrogen and oxygen atoms in total. The Kier molecular flexibility index (Phi) is 7.57. The Morgan fingerprint density at radius 2 is 1.66 bits per heavy atom. The number of benzene rings is 1. The predicted molar refractivity (Wildman–Crippen MR) is 140 cm³/mol. The molecule has 2 aliphatic carbocycles. The zero-order valence-corrected chi connectivity index (χ0v) is 22.0. The molecule has 8 heteroatoms. The van der Waals surface area contributed by atoms with Gasteiger partial charge in [0, 0.05) is 15.6 Å². The third kappa shape index (κ3) is 5.72. The van der Waals surface area contributed by atoms with Crippen molar-refractivity contribution in [2.75, 3.05) is 10.6 Å². The first kappa shape index (κ1) is 25.7. The van der Waals surface area contributed by atoms with E-state index in [0.717, 1.165) is 42.5 Å². The molecule has 188 valence electrons. The molecule has 3 N–H and O–H groups in total. The van der Waals surface area contributed by atoms with Crippen LogP contribution in [-0.4, -0.2) is 22.9 Å². The highest BCUT2D eigenvalue weighted by molar-refractivity contribution is 7.17. The van der Waals surface area contributed by atoms with Gasteiger partial charge < -0.3 is 15.7 Å². The molecular weight excluding hydrogens is 484 g/mol. The number of aliphatic carboxylic acids is 1. The van der Waals surface area contributed by atoms with E-state index < -0.39 is 17.8 Å². The molecule has 2 aliphatic rings. The topological polar surface area (TPSA) is 95.5 Å². The zero-order chi connectivity index (χ0) is 25.3. The quantitative estimate of drug-likeness (QED) is 0.415. The SMILES string of the molecule is CC(C)(C)C1CCc2c(sc(NC(=O)[C@H]3CCCC[C@H]3C(=O)O)c2C(=O)Nc2ccc(Cl)cc2)C1. The fourth-order valence-electron chi connectivity index (χ4n) is 5.33. The van der Waals surface area contributed by atoms with Crippen LogP contribution in [0.1, 0.15) is 73.7 Å². The fraction of sp³-hybridized carbons (Fsp3) is 0.519. The Hall–Kier alpha value is -2.38. The van der Waals surface area contributed by atoms with Crippen LogP contribution in [0.15, 0.2) is 24.3 Å². The van der Waals surface area contributed by atoms with Crippen LogP contribution in [0.3, 0.4) is 0 Å². The third-order valence-electron chi connectivity index (χ3n) is 7.48. The van der Waals surface area contributed by atoms with E-state index in [4.69, 9.17) is 11.6 Å². The van der Waals surface area contributed by atoms with Crippen LogP contribution < -0.4 is 10.6 Å². The second-order valence-electron chi connectivity index (χ2n) is 10.8. The highest BCUT2D eigenvalue weighted by Gasteiger charge is 2.38. The Morgan fingerprint density at radius 3 is 2.29 bits per heavy atom. The lowest BCUT2D eigenvalue weighted by molar-refractivity contribution is -0.147. The molecule has 4 rings (SSSR count). The Labute approximate surface area is 215 Å². The van der Waals surface area contributed by atoms with Crippen LogP contribution in [0.5, 0.6) is 0 Å². The van der Waals surface area contributed by atoms with Crippen molar-refractivity contribution in [3.63, 3.8) is 0 Å². The van der Waals surface area contributed by atoms with Crippen molar-refractivity contribution in [3.8, 4) is 0 Å². The lowest BCUT2D eigenvalue weighted by Gasteiger charge is -2.33. The molecule has 3 atom stereocenters. The van der Waals surface area contributed by atoms with Crippen molar-refractivity contribution in [1.29, 1.82) is 0 Å². The zero-order valence-electron chi connectivity index (χ0n) is 20.4. The normalized spacial score (nSPS) is 22.2. The van der Waals surface area contributed by atoms with Gasteiger partial charge >= 0.3 is 5.97 Å². The maximum Gasteiger partial charge on any atom is 0.307 e. The number of nitrogens with one attached hydrogen (secondary N) is 2. The van der Waals surface area contributed by atoms with E-state index in [-0.39, 0.29) is 17.2 Å². The average Bonchev–Trinajstić information content (AvgIpc) is 3.17. The summed E-state index contributed by atoms with van der Waals surface area (Å²) in [6.07, 6.45) is 5.32. The number of thiophene rings is 1. The number of fused-ring (bicyclic) bond motifs is 1. The summed E-state index contributed by atoms with van der Waals surface area (Å²) in [5, 5.41) is 16.7. The van der Waals surface area contributed by atoms with E-state index in [1.165, 1.54) is 11.3 Å². The summed E-state index contributed by atoms with van der Waals surface area (Å²) in [5.41, 5.74) is 2.27. The molecule has 2 aromatic rings. The molecule has 0 spiro atoms. The minimum atomic E-state index is -0.927. The molecule has 1 fully saturated rings. The van der Waals surface area contributed by atoms with Crippen LogP contribution in [0.4, 0.5) is 10.7 Å². The standard InChI is InChI=1S/C27H33ClN2O4S/c1-27(2,3)15-8-13-20-21(14-15)35-25(22(20)24(32)29-17-11-9-16(28)10-12-17)30-23(31)18-6-4-5-7-19(18)26(33)34/h9-12,15,18-19H,4-8,13-14H2,1-3H3,(H,29,32)(H,30,31)(H,33,34)/t15?,18-,19+/m0/s1. The predicted octanol–water partition coefficient (Wildman–Crippen LogP) is 6.63. The van der Waals surface area contributed by atoms with Gasteiger partial charge in [0.1, 0.15) is 5.00 Å². The molecular formula is C27H33ClN2O4S. The highest BCUT2D eigenvalue weighted by atomic mass is 35.5. The first-order valence-corrected chi connectivity index (χ1v) is 13.5. The number of hydrogen-bond acceptors (Lipinski definition) is 4. The molecule has 0 aliphatic heterocycles. The van der Waals surface area contributed by atoms with Crippen LogP contribution in [-0.2, 0) is 22.4 Å². The van der Waals surface area contributed by atoms with E-state index >= 15 is 0 Å². The van der Waals surface area contributed by atoms with Crippen molar-refractivity contribution < 1.29 is 19.5 Å². The second kappa shape index (κ2) is 10.3. The monoisotopic (exact) mass is 516 g/mol. The summed E-state index contributed by atoms with van der Waals surface area (Å²) in [5.74, 6) is -2.29. The van der Waals surface area contributed by atoms with Gasteiger partial charge in [-0.3, -0.25) is 14.4 Å². The van der Waals surface area contributed by atoms with Crippen LogP contribution in [0, 0.1) is 23.2 Å². The maximum absolute atomic E-state index is 13.5. The van der Waals surface area contributed by atoms with Gasteiger partial charge in [0.15, 0.2) is 0 Å². The number of carbonyl (C=O) groups excluding carboxylic acids is 2. The van der Waals surface area contributed by atoms with Crippen LogP contribution in [0.25, 0.3) is 0 Å². The lowest BCUT2D eigenvalue weighted by atomic mass is 9.72. The molecule has 1 saturated carbocycles. The molecule has 0 saturated heterocycles. The number of halogens is 1. The van der Waals surface area contributed by atoms with Gasteiger partial charge in [-0.25, -0.2) is 0 Å². The van der Waals surface area contributed by atoms with Gasteiger partial charge in [0.05, 0.1) is 17.4 Å². The first-order chi connectivity index (χ1) is 16.5. The van der Waals surface area contributed by atoms with E-state index in [2.05, 4.69) is 31.4 Å². The van der Waals surface area contributed by atoms with Gasteiger partial charge in [0.2, 0.25) is 5.91 Å². The van der Waals surface area contributed by atoms with Crippen molar-refractivity contribution in [2.24, 2.45) is 23.2 Å². The Morgan fingerprint density at radius 1 is 1.00 bits per heavy atom. The number of anilines is 2.